The molecule has 3 amide bonds. The monoisotopic (exact) mass is 367 g/mol. The van der Waals surface area contributed by atoms with Crippen LogP contribution in [0.1, 0.15) is 29.9 Å². The number of pyridine rings is 1. The average Bonchev–Trinajstić information content (AvgIpc) is 2.88. The number of imide groups is 1. The fourth-order valence-corrected chi connectivity index (χ4v) is 2.69. The standard InChI is InChI=1S/C19H21N5O3/c1-11(2)27-15-7-5-6-14(9-15)21-19(26)22-18(25)13-8-16-12(3)23-24(4)17(16)20-10-13/h5-11H,1-4H3,(H2,21,22,25,26). The van der Waals surface area contributed by atoms with Gasteiger partial charge in [-0.3, -0.25) is 14.8 Å². The summed E-state index contributed by atoms with van der Waals surface area (Å²) in [4.78, 5) is 28.7. The number of rotatable bonds is 4. The number of amides is 3. The lowest BCUT2D eigenvalue weighted by molar-refractivity contribution is 0.0967. The van der Waals surface area contributed by atoms with Gasteiger partial charge >= 0.3 is 6.03 Å². The Kier molecular flexibility index (Phi) is 5.07. The van der Waals surface area contributed by atoms with Crippen LogP contribution in [0.3, 0.4) is 0 Å². The van der Waals surface area contributed by atoms with Gasteiger partial charge in [0.15, 0.2) is 5.65 Å². The third-order valence-electron chi connectivity index (χ3n) is 3.82. The highest BCUT2D eigenvalue weighted by Gasteiger charge is 2.14. The van der Waals surface area contributed by atoms with E-state index in [1.165, 1.54) is 6.20 Å². The van der Waals surface area contributed by atoms with E-state index in [1.54, 1.807) is 42.1 Å². The molecule has 2 aromatic heterocycles. The molecule has 0 spiro atoms. The van der Waals surface area contributed by atoms with Crippen molar-refractivity contribution in [3.8, 4) is 5.75 Å². The smallest absolute Gasteiger partial charge is 0.326 e. The van der Waals surface area contributed by atoms with Gasteiger partial charge in [-0.1, -0.05) is 6.07 Å². The number of fused-ring (bicyclic) bond motifs is 1. The first-order chi connectivity index (χ1) is 12.8. The van der Waals surface area contributed by atoms with Crippen LogP contribution in [-0.2, 0) is 7.05 Å². The molecule has 2 N–H and O–H groups in total. The Hall–Kier alpha value is -3.42. The molecule has 0 aliphatic rings. The van der Waals surface area contributed by atoms with Gasteiger partial charge in [-0.25, -0.2) is 9.78 Å². The first-order valence-electron chi connectivity index (χ1n) is 8.52. The molecule has 27 heavy (non-hydrogen) atoms. The van der Waals surface area contributed by atoms with Crippen molar-refractivity contribution in [2.24, 2.45) is 7.05 Å². The first kappa shape index (κ1) is 18.4. The summed E-state index contributed by atoms with van der Waals surface area (Å²) in [6.07, 6.45) is 1.44. The lowest BCUT2D eigenvalue weighted by atomic mass is 10.2. The van der Waals surface area contributed by atoms with E-state index in [-0.39, 0.29) is 11.7 Å². The van der Waals surface area contributed by atoms with Crippen molar-refractivity contribution in [1.82, 2.24) is 20.1 Å². The number of hydrogen-bond donors (Lipinski definition) is 2. The molecule has 8 nitrogen and oxygen atoms in total. The Morgan fingerprint density at radius 1 is 1.22 bits per heavy atom. The van der Waals surface area contributed by atoms with E-state index in [2.05, 4.69) is 20.7 Å². The molecule has 0 saturated heterocycles. The number of carbonyl (C=O) groups is 2. The van der Waals surface area contributed by atoms with Gasteiger partial charge in [-0.05, 0) is 39.0 Å². The Labute approximate surface area is 156 Å². The quantitative estimate of drug-likeness (QED) is 0.739. The molecule has 0 atom stereocenters. The predicted octanol–water partition coefficient (Wildman–Crippen LogP) is 3.03. The SMILES string of the molecule is Cc1nn(C)c2ncc(C(=O)NC(=O)Nc3cccc(OC(C)C)c3)cc12. The normalized spacial score (nSPS) is 10.9. The molecule has 140 valence electrons. The largest absolute Gasteiger partial charge is 0.491 e. The summed E-state index contributed by atoms with van der Waals surface area (Å²) in [5.74, 6) is 0.0931. The van der Waals surface area contributed by atoms with Gasteiger partial charge in [-0.15, -0.1) is 0 Å². The predicted molar refractivity (Wildman–Crippen MR) is 102 cm³/mol. The summed E-state index contributed by atoms with van der Waals surface area (Å²) in [5.41, 5.74) is 2.25. The van der Waals surface area contributed by atoms with Gasteiger partial charge in [0.25, 0.3) is 5.91 Å². The Balaban J connectivity index is 1.69. The number of nitrogens with one attached hydrogen (secondary N) is 2. The molecule has 0 aliphatic carbocycles. The lowest BCUT2D eigenvalue weighted by Crippen LogP contribution is -2.34. The number of ether oxygens (including phenoxy) is 1. The zero-order valence-corrected chi connectivity index (χ0v) is 15.6. The fourth-order valence-electron chi connectivity index (χ4n) is 2.69. The number of anilines is 1. The van der Waals surface area contributed by atoms with Crippen LogP contribution in [0, 0.1) is 6.92 Å². The number of carbonyl (C=O) groups excluding carboxylic acids is 2. The second kappa shape index (κ2) is 7.45. The van der Waals surface area contributed by atoms with E-state index in [0.29, 0.717) is 17.1 Å². The van der Waals surface area contributed by atoms with Crippen molar-refractivity contribution in [3.63, 3.8) is 0 Å². The van der Waals surface area contributed by atoms with Crippen LogP contribution in [0.4, 0.5) is 10.5 Å². The minimum Gasteiger partial charge on any atom is -0.491 e. The molecule has 2 heterocycles. The van der Waals surface area contributed by atoms with Crippen LogP contribution >= 0.6 is 0 Å². The van der Waals surface area contributed by atoms with E-state index in [0.717, 1.165) is 11.1 Å². The molecule has 1 aromatic carbocycles. The maximum absolute atomic E-state index is 12.4. The summed E-state index contributed by atoms with van der Waals surface area (Å²) < 4.78 is 7.23. The summed E-state index contributed by atoms with van der Waals surface area (Å²) in [6.45, 7) is 5.67. The van der Waals surface area contributed by atoms with Crippen molar-refractivity contribution in [2.75, 3.05) is 5.32 Å². The van der Waals surface area contributed by atoms with E-state index in [9.17, 15) is 9.59 Å². The third kappa shape index (κ3) is 4.22. The summed E-state index contributed by atoms with van der Waals surface area (Å²) in [5, 5.41) is 9.96. The van der Waals surface area contributed by atoms with Crippen LogP contribution in [0.25, 0.3) is 11.0 Å². The van der Waals surface area contributed by atoms with Crippen molar-refractivity contribution in [2.45, 2.75) is 26.9 Å². The van der Waals surface area contributed by atoms with Crippen molar-refractivity contribution >= 4 is 28.7 Å². The molecule has 0 bridgehead atoms. The molecular weight excluding hydrogens is 346 g/mol. The second-order valence-corrected chi connectivity index (χ2v) is 6.41. The zero-order chi connectivity index (χ0) is 19.6. The topological polar surface area (TPSA) is 98.1 Å². The maximum Gasteiger partial charge on any atom is 0.326 e. The van der Waals surface area contributed by atoms with Gasteiger partial charge in [0.2, 0.25) is 0 Å². The van der Waals surface area contributed by atoms with E-state index < -0.39 is 11.9 Å². The molecule has 0 unspecified atom stereocenters. The van der Waals surface area contributed by atoms with E-state index >= 15 is 0 Å². The van der Waals surface area contributed by atoms with Gasteiger partial charge in [0.1, 0.15) is 5.75 Å². The van der Waals surface area contributed by atoms with Gasteiger partial charge < -0.3 is 10.1 Å². The molecule has 0 radical (unpaired) electrons. The average molecular weight is 367 g/mol. The Bertz CT molecular complexity index is 1010. The lowest BCUT2D eigenvalue weighted by Gasteiger charge is -2.11. The molecule has 0 fully saturated rings. The van der Waals surface area contributed by atoms with E-state index in [4.69, 9.17) is 4.74 Å². The highest BCUT2D eigenvalue weighted by Crippen LogP contribution is 2.19. The number of urea groups is 1. The van der Waals surface area contributed by atoms with Crippen LogP contribution in [0.2, 0.25) is 0 Å². The van der Waals surface area contributed by atoms with Crippen LogP contribution < -0.4 is 15.4 Å². The van der Waals surface area contributed by atoms with Crippen LogP contribution in [0.5, 0.6) is 5.75 Å². The summed E-state index contributed by atoms with van der Waals surface area (Å²) in [7, 11) is 1.78. The van der Waals surface area contributed by atoms with Gasteiger partial charge in [0, 0.05) is 30.4 Å². The summed E-state index contributed by atoms with van der Waals surface area (Å²) >= 11 is 0. The molecular formula is C19H21N5O3. The van der Waals surface area contributed by atoms with Crippen molar-refractivity contribution in [1.29, 1.82) is 0 Å². The maximum atomic E-state index is 12.4. The highest BCUT2D eigenvalue weighted by atomic mass is 16.5. The van der Waals surface area contributed by atoms with Crippen LogP contribution in [0.15, 0.2) is 36.5 Å². The third-order valence-corrected chi connectivity index (χ3v) is 3.82. The van der Waals surface area contributed by atoms with Gasteiger partial charge in [-0.2, -0.15) is 5.10 Å². The molecule has 8 heteroatoms. The van der Waals surface area contributed by atoms with Gasteiger partial charge in [0.05, 0.1) is 17.4 Å². The zero-order valence-electron chi connectivity index (χ0n) is 15.6. The van der Waals surface area contributed by atoms with Crippen LogP contribution in [-0.4, -0.2) is 32.8 Å². The highest BCUT2D eigenvalue weighted by molar-refractivity contribution is 6.08. The number of aromatic nitrogens is 3. The minimum absolute atomic E-state index is 0.0222. The number of aryl methyl sites for hydroxylation is 2. The second-order valence-electron chi connectivity index (χ2n) is 6.41. The Morgan fingerprint density at radius 2 is 2.00 bits per heavy atom. The molecule has 3 rings (SSSR count). The number of nitrogens with zero attached hydrogens (tertiary/aromatic N) is 3. The summed E-state index contributed by atoms with van der Waals surface area (Å²) in [6, 6.07) is 8.00. The number of benzene rings is 1. The fraction of sp³-hybridized carbons (Fsp3) is 0.263. The number of hydrogen-bond acceptors (Lipinski definition) is 5. The molecule has 3 aromatic rings. The Morgan fingerprint density at radius 3 is 2.74 bits per heavy atom. The van der Waals surface area contributed by atoms with E-state index in [1.807, 2.05) is 20.8 Å². The van der Waals surface area contributed by atoms with Crippen molar-refractivity contribution < 1.29 is 14.3 Å². The first-order valence-corrected chi connectivity index (χ1v) is 8.52. The van der Waals surface area contributed by atoms with Crippen molar-refractivity contribution in [3.05, 3.63) is 47.8 Å². The molecule has 0 aliphatic heterocycles. The molecule has 0 saturated carbocycles. The minimum atomic E-state index is -0.635.